The van der Waals surface area contributed by atoms with Crippen LogP contribution in [-0.4, -0.2) is 47.1 Å². The summed E-state index contributed by atoms with van der Waals surface area (Å²) in [7, 11) is 0. The van der Waals surface area contributed by atoms with Crippen LogP contribution in [0.3, 0.4) is 0 Å². The van der Waals surface area contributed by atoms with Crippen molar-refractivity contribution in [2.75, 3.05) is 31.6 Å². The molecule has 0 spiro atoms. The van der Waals surface area contributed by atoms with Crippen LogP contribution in [0.15, 0.2) is 12.3 Å². The fraction of sp³-hybridized carbons (Fsp3) is 0.600. The number of aromatic nitrogens is 1. The summed E-state index contributed by atoms with van der Waals surface area (Å²) in [5.74, 6) is 0.928. The topological polar surface area (TPSA) is 65.5 Å². The van der Waals surface area contributed by atoms with Crippen LogP contribution in [-0.2, 0) is 0 Å². The molecule has 0 aromatic carbocycles. The van der Waals surface area contributed by atoms with E-state index in [0.29, 0.717) is 35.4 Å². The summed E-state index contributed by atoms with van der Waals surface area (Å²) in [6.07, 6.45) is 4.19. The maximum Gasteiger partial charge on any atom is 0.255 e. The maximum absolute atomic E-state index is 12.6. The molecule has 5 nitrogen and oxygen atoms in total. The standard InChI is InChI=1S/C15H22ClN3O2/c1-2-5-17-14-8-12(13(16)9-18-14)15(21)19-6-3-11(10-20)4-7-19/h8-9,11,20H,2-7,10H2,1H3,(H,17,18). The molecule has 116 valence electrons. The summed E-state index contributed by atoms with van der Waals surface area (Å²) in [4.78, 5) is 18.6. The van der Waals surface area contributed by atoms with Gasteiger partial charge in [0.05, 0.1) is 10.6 Å². The summed E-state index contributed by atoms with van der Waals surface area (Å²) in [6, 6.07) is 1.72. The van der Waals surface area contributed by atoms with Gasteiger partial charge in [-0.15, -0.1) is 0 Å². The first-order chi connectivity index (χ1) is 10.2. The number of halogens is 1. The third-order valence-corrected chi connectivity index (χ3v) is 4.10. The Labute approximate surface area is 130 Å². The first-order valence-corrected chi connectivity index (χ1v) is 7.83. The van der Waals surface area contributed by atoms with E-state index in [4.69, 9.17) is 16.7 Å². The molecule has 1 saturated heterocycles. The van der Waals surface area contributed by atoms with Crippen molar-refractivity contribution in [1.29, 1.82) is 0 Å². The van der Waals surface area contributed by atoms with Crippen molar-refractivity contribution in [3.8, 4) is 0 Å². The number of likely N-dealkylation sites (tertiary alicyclic amines) is 1. The van der Waals surface area contributed by atoms with Gasteiger partial charge in [0, 0.05) is 32.4 Å². The number of hydrogen-bond donors (Lipinski definition) is 2. The Hall–Kier alpha value is -1.33. The number of piperidine rings is 1. The second-order valence-electron chi connectivity index (χ2n) is 5.39. The van der Waals surface area contributed by atoms with Gasteiger partial charge in [-0.05, 0) is 31.2 Å². The number of nitrogens with zero attached hydrogens (tertiary/aromatic N) is 2. The molecule has 0 bridgehead atoms. The highest BCUT2D eigenvalue weighted by molar-refractivity contribution is 6.33. The van der Waals surface area contributed by atoms with E-state index in [2.05, 4.69) is 17.2 Å². The number of anilines is 1. The summed E-state index contributed by atoms with van der Waals surface area (Å²) < 4.78 is 0. The average molecular weight is 312 g/mol. The van der Waals surface area contributed by atoms with Crippen molar-refractivity contribution in [1.82, 2.24) is 9.88 Å². The molecule has 0 radical (unpaired) electrons. The number of nitrogens with one attached hydrogen (secondary N) is 1. The molecule has 0 atom stereocenters. The number of hydrogen-bond acceptors (Lipinski definition) is 4. The SMILES string of the molecule is CCCNc1cc(C(=O)N2CCC(CO)CC2)c(Cl)cn1. The molecule has 2 rings (SSSR count). The van der Waals surface area contributed by atoms with Crippen molar-refractivity contribution in [2.45, 2.75) is 26.2 Å². The Bertz CT molecular complexity index is 488. The fourth-order valence-electron chi connectivity index (χ4n) is 2.44. The average Bonchev–Trinajstić information content (AvgIpc) is 2.53. The number of amides is 1. The van der Waals surface area contributed by atoms with Gasteiger partial charge in [-0.1, -0.05) is 18.5 Å². The Morgan fingerprint density at radius 3 is 2.86 bits per heavy atom. The highest BCUT2D eigenvalue weighted by atomic mass is 35.5. The van der Waals surface area contributed by atoms with Gasteiger partial charge < -0.3 is 15.3 Å². The predicted octanol–water partition coefficient (Wildman–Crippen LogP) is 2.40. The van der Waals surface area contributed by atoms with Crippen LogP contribution in [0.2, 0.25) is 5.02 Å². The molecule has 21 heavy (non-hydrogen) atoms. The van der Waals surface area contributed by atoms with Gasteiger partial charge in [-0.3, -0.25) is 4.79 Å². The van der Waals surface area contributed by atoms with Crippen LogP contribution in [0.25, 0.3) is 0 Å². The summed E-state index contributed by atoms with van der Waals surface area (Å²) in [6.45, 7) is 4.41. The molecular formula is C15H22ClN3O2. The van der Waals surface area contributed by atoms with Crippen LogP contribution in [0, 0.1) is 5.92 Å². The van der Waals surface area contributed by atoms with Gasteiger partial charge in [0.2, 0.25) is 0 Å². The highest BCUT2D eigenvalue weighted by Gasteiger charge is 2.24. The quantitative estimate of drug-likeness (QED) is 0.876. The molecule has 2 N–H and O–H groups in total. The third kappa shape index (κ3) is 4.08. The molecule has 6 heteroatoms. The van der Waals surface area contributed by atoms with Gasteiger partial charge >= 0.3 is 0 Å². The molecule has 1 aromatic rings. The molecule has 1 aliphatic heterocycles. The van der Waals surface area contributed by atoms with E-state index in [9.17, 15) is 4.79 Å². The van der Waals surface area contributed by atoms with E-state index in [-0.39, 0.29) is 12.5 Å². The second-order valence-corrected chi connectivity index (χ2v) is 5.80. The van der Waals surface area contributed by atoms with Crippen molar-refractivity contribution >= 4 is 23.3 Å². The van der Waals surface area contributed by atoms with Crippen molar-refractivity contribution in [2.24, 2.45) is 5.92 Å². The van der Waals surface area contributed by atoms with Crippen LogP contribution in [0.4, 0.5) is 5.82 Å². The minimum absolute atomic E-state index is 0.0571. The van der Waals surface area contributed by atoms with Crippen LogP contribution in [0.5, 0.6) is 0 Å². The number of carbonyl (C=O) groups is 1. The smallest absolute Gasteiger partial charge is 0.255 e. The first-order valence-electron chi connectivity index (χ1n) is 7.45. The van der Waals surface area contributed by atoms with Crippen molar-refractivity contribution in [3.05, 3.63) is 22.8 Å². The fourth-order valence-corrected chi connectivity index (χ4v) is 2.63. The third-order valence-electron chi connectivity index (χ3n) is 3.80. The van der Waals surface area contributed by atoms with Gasteiger partial charge in [-0.25, -0.2) is 4.98 Å². The summed E-state index contributed by atoms with van der Waals surface area (Å²) in [5, 5.41) is 12.7. The zero-order valence-corrected chi connectivity index (χ0v) is 13.1. The lowest BCUT2D eigenvalue weighted by atomic mass is 9.97. The van der Waals surface area contributed by atoms with Gasteiger partial charge in [-0.2, -0.15) is 0 Å². The van der Waals surface area contributed by atoms with Crippen LogP contribution >= 0.6 is 11.6 Å². The van der Waals surface area contributed by atoms with E-state index < -0.39 is 0 Å². The number of aliphatic hydroxyl groups excluding tert-OH is 1. The van der Waals surface area contributed by atoms with E-state index >= 15 is 0 Å². The van der Waals surface area contributed by atoms with Gasteiger partial charge in [0.15, 0.2) is 0 Å². The number of pyridine rings is 1. The number of aliphatic hydroxyl groups is 1. The van der Waals surface area contributed by atoms with E-state index in [1.165, 1.54) is 6.20 Å². The Morgan fingerprint density at radius 2 is 2.24 bits per heavy atom. The first kappa shape index (κ1) is 16.0. The maximum atomic E-state index is 12.6. The van der Waals surface area contributed by atoms with Gasteiger partial charge in [0.1, 0.15) is 5.82 Å². The number of carbonyl (C=O) groups excluding carboxylic acids is 1. The predicted molar refractivity (Wildman–Crippen MR) is 83.7 cm³/mol. The van der Waals surface area contributed by atoms with Gasteiger partial charge in [0.25, 0.3) is 5.91 Å². The Morgan fingerprint density at radius 1 is 1.52 bits per heavy atom. The van der Waals surface area contributed by atoms with Crippen LogP contribution in [0.1, 0.15) is 36.5 Å². The molecule has 1 aromatic heterocycles. The molecular weight excluding hydrogens is 290 g/mol. The lowest BCUT2D eigenvalue weighted by Crippen LogP contribution is -2.39. The van der Waals surface area contributed by atoms with Crippen LogP contribution < -0.4 is 5.32 Å². The van der Waals surface area contributed by atoms with E-state index in [0.717, 1.165) is 25.8 Å². The molecule has 0 aliphatic carbocycles. The molecule has 2 heterocycles. The molecule has 1 aliphatic rings. The van der Waals surface area contributed by atoms with Crippen molar-refractivity contribution < 1.29 is 9.90 Å². The Balaban J connectivity index is 2.07. The second kappa shape index (κ2) is 7.61. The minimum atomic E-state index is -0.0571. The molecule has 0 saturated carbocycles. The largest absolute Gasteiger partial charge is 0.396 e. The minimum Gasteiger partial charge on any atom is -0.396 e. The lowest BCUT2D eigenvalue weighted by molar-refractivity contribution is 0.0651. The lowest BCUT2D eigenvalue weighted by Gasteiger charge is -2.31. The van der Waals surface area contributed by atoms with E-state index in [1.54, 1.807) is 11.0 Å². The summed E-state index contributed by atoms with van der Waals surface area (Å²) >= 11 is 6.12. The zero-order chi connectivity index (χ0) is 15.2. The highest BCUT2D eigenvalue weighted by Crippen LogP contribution is 2.23. The Kier molecular flexibility index (Phi) is 5.82. The molecule has 1 fully saturated rings. The van der Waals surface area contributed by atoms with E-state index in [1.807, 2.05) is 0 Å². The summed E-state index contributed by atoms with van der Waals surface area (Å²) in [5.41, 5.74) is 0.493. The van der Waals surface area contributed by atoms with Crippen molar-refractivity contribution in [3.63, 3.8) is 0 Å². The molecule has 1 amide bonds. The zero-order valence-electron chi connectivity index (χ0n) is 12.3. The molecule has 0 unspecified atom stereocenters. The monoisotopic (exact) mass is 311 g/mol. The normalized spacial score (nSPS) is 16.0. The number of rotatable bonds is 5.